The Morgan fingerprint density at radius 1 is 0.859 bits per heavy atom. The third-order valence-corrected chi connectivity index (χ3v) is 13.4. The van der Waals surface area contributed by atoms with Crippen molar-refractivity contribution >= 4 is 67.6 Å². The highest BCUT2D eigenvalue weighted by Gasteiger charge is 2.41. The summed E-state index contributed by atoms with van der Waals surface area (Å²) in [6, 6.07) is 4.34. The molecule has 4 rings (SSSR count). The van der Waals surface area contributed by atoms with E-state index < -0.39 is 105 Å². The molecule has 0 aliphatic heterocycles. The summed E-state index contributed by atoms with van der Waals surface area (Å²) in [6.45, 7) is 6.47. The molecule has 64 heavy (non-hydrogen) atoms. The van der Waals surface area contributed by atoms with Crippen LogP contribution in [-0.4, -0.2) is 109 Å². The maximum Gasteiger partial charge on any atom is 0.312 e. The van der Waals surface area contributed by atoms with Crippen LogP contribution in [0.5, 0.6) is 0 Å². The molecule has 1 saturated carbocycles. The minimum Gasteiger partial charge on any atom is -0.377 e. The zero-order chi connectivity index (χ0) is 47.3. The number of aromatic nitrogens is 2. The average Bonchev–Trinajstić information content (AvgIpc) is 3.28. The maximum atomic E-state index is 14.2. The molecule has 1 aliphatic carbocycles. The number of hydrogen-bond acceptors (Lipinski definition) is 14. The minimum atomic E-state index is -5.00. The Hall–Kier alpha value is -5.66. The quantitative estimate of drug-likeness (QED) is 0.0908. The third kappa shape index (κ3) is 13.0. The van der Waals surface area contributed by atoms with E-state index in [2.05, 4.69) is 25.9 Å². The van der Waals surface area contributed by atoms with Crippen LogP contribution in [0.2, 0.25) is 0 Å². The number of hydrogen-bond donors (Lipinski definition) is 5. The molecule has 0 saturated heterocycles. The summed E-state index contributed by atoms with van der Waals surface area (Å²) >= 11 is 0. The first kappa shape index (κ1) is 51.0. The highest BCUT2D eigenvalue weighted by atomic mass is 32.2. The summed E-state index contributed by atoms with van der Waals surface area (Å²) in [7, 11) is -1.47. The van der Waals surface area contributed by atoms with Gasteiger partial charge in [0, 0.05) is 49.4 Å². The minimum absolute atomic E-state index is 0.0151. The zero-order valence-corrected chi connectivity index (χ0v) is 38.4. The standard InChI is InChI=1S/C45H63N9O9S/c1-7-28(4)40(52-42(58)34(23-27(2)3)51-43(59)35-26-48-21-22-49-35)44(60)50-33(24-29-13-9-8-10-14-29)37(55)20-19-32(47)41(57)45(61)54(39(56)25-46)64(62,63)38-18-12-15-30-31(38)16-11-17-36(30)53(5)6/h11-12,15-18,21-22,26-29,32-34,40H,7-10,13-14,19-20,23-25,46-47H2,1-6H3,(H,50,60)(H,51,59)(H,52,58)/t28-,32?,33-,34-,40-/m0/s1. The van der Waals surface area contributed by atoms with E-state index >= 15 is 0 Å². The molecular weight excluding hydrogens is 843 g/mol. The fourth-order valence-corrected chi connectivity index (χ4v) is 9.43. The van der Waals surface area contributed by atoms with E-state index in [-0.39, 0.29) is 40.1 Å². The number of imide groups is 1. The molecule has 1 fully saturated rings. The Morgan fingerprint density at radius 3 is 2.14 bits per heavy atom. The van der Waals surface area contributed by atoms with Crippen LogP contribution >= 0.6 is 0 Å². The lowest BCUT2D eigenvalue weighted by Crippen LogP contribution is -2.58. The zero-order valence-electron chi connectivity index (χ0n) is 37.5. The van der Waals surface area contributed by atoms with Crippen molar-refractivity contribution < 1.29 is 42.0 Å². The second-order valence-corrected chi connectivity index (χ2v) is 18.8. The molecule has 18 nitrogen and oxygen atoms in total. The van der Waals surface area contributed by atoms with Gasteiger partial charge < -0.3 is 32.3 Å². The van der Waals surface area contributed by atoms with E-state index in [1.807, 2.05) is 20.8 Å². The smallest absolute Gasteiger partial charge is 0.312 e. The van der Waals surface area contributed by atoms with Crippen molar-refractivity contribution in [3.05, 3.63) is 60.7 Å². The van der Waals surface area contributed by atoms with Crippen LogP contribution in [0.1, 0.15) is 102 Å². The SMILES string of the molecule is CC[C@H](C)[C@H](NC(=O)[C@H](CC(C)C)NC(=O)c1cnccn1)C(=O)N[C@@H](CC1CCCCC1)C(=O)CCC(N)C(=O)C(=O)N(C(=O)CN)S(=O)(=O)c1cccc2c(N(C)C)cccc12. The number of fused-ring (bicyclic) bond motifs is 1. The van der Waals surface area contributed by atoms with Gasteiger partial charge >= 0.3 is 5.91 Å². The van der Waals surface area contributed by atoms with E-state index in [4.69, 9.17) is 11.5 Å². The van der Waals surface area contributed by atoms with Gasteiger partial charge in [0.25, 0.3) is 21.8 Å². The normalized spacial score (nSPS) is 15.6. The van der Waals surface area contributed by atoms with Crippen molar-refractivity contribution in [2.75, 3.05) is 25.5 Å². The number of sulfonamides is 1. The predicted octanol–water partition coefficient (Wildman–Crippen LogP) is 2.77. The predicted molar refractivity (Wildman–Crippen MR) is 241 cm³/mol. The van der Waals surface area contributed by atoms with Crippen LogP contribution in [0.3, 0.4) is 0 Å². The number of ketones is 2. The number of anilines is 1. The number of rotatable bonds is 22. The first-order valence-electron chi connectivity index (χ1n) is 21.8. The molecule has 348 valence electrons. The summed E-state index contributed by atoms with van der Waals surface area (Å²) in [5, 5.41) is 9.08. The lowest BCUT2D eigenvalue weighted by molar-refractivity contribution is -0.147. The molecule has 0 radical (unpaired) electrons. The molecule has 1 aromatic heterocycles. The van der Waals surface area contributed by atoms with Crippen molar-refractivity contribution in [2.24, 2.45) is 29.2 Å². The van der Waals surface area contributed by atoms with E-state index in [0.29, 0.717) is 17.5 Å². The molecule has 5 amide bonds. The molecule has 0 spiro atoms. The fraction of sp³-hybridized carbons (Fsp3) is 0.533. The highest BCUT2D eigenvalue weighted by Crippen LogP contribution is 2.32. The van der Waals surface area contributed by atoms with Crippen LogP contribution < -0.4 is 32.3 Å². The van der Waals surface area contributed by atoms with Crippen molar-refractivity contribution in [2.45, 2.75) is 121 Å². The summed E-state index contributed by atoms with van der Waals surface area (Å²) in [6.07, 6.45) is 8.81. The summed E-state index contributed by atoms with van der Waals surface area (Å²) in [4.78, 5) is 105. The lowest BCUT2D eigenvalue weighted by Gasteiger charge is -2.30. The number of carbonyl (C=O) groups is 7. The molecule has 1 unspecified atom stereocenters. The number of benzene rings is 2. The molecule has 3 aromatic rings. The first-order valence-corrected chi connectivity index (χ1v) is 23.3. The fourth-order valence-electron chi connectivity index (χ4n) is 7.87. The van der Waals surface area contributed by atoms with Crippen LogP contribution in [0, 0.1) is 17.8 Å². The number of nitrogens with two attached hydrogens (primary N) is 2. The number of Topliss-reactive ketones (excluding diaryl/α,β-unsaturated/α-hetero) is 2. The Morgan fingerprint density at radius 2 is 1.53 bits per heavy atom. The number of carbonyl (C=O) groups excluding carboxylic acids is 7. The monoisotopic (exact) mass is 905 g/mol. The Bertz CT molecular complexity index is 2270. The topological polar surface area (TPSA) is 274 Å². The average molecular weight is 906 g/mol. The van der Waals surface area contributed by atoms with Gasteiger partial charge in [-0.3, -0.25) is 38.5 Å². The van der Waals surface area contributed by atoms with Gasteiger partial charge in [-0.2, -0.15) is 4.31 Å². The molecule has 19 heteroatoms. The summed E-state index contributed by atoms with van der Waals surface area (Å²) < 4.78 is 28.1. The summed E-state index contributed by atoms with van der Waals surface area (Å²) in [5.74, 6) is -7.17. The van der Waals surface area contributed by atoms with E-state index in [1.54, 1.807) is 44.1 Å². The lowest BCUT2D eigenvalue weighted by atomic mass is 9.83. The second-order valence-electron chi connectivity index (χ2n) is 17.1. The molecule has 1 heterocycles. The van der Waals surface area contributed by atoms with Crippen molar-refractivity contribution in [3.63, 3.8) is 0 Å². The Balaban J connectivity index is 1.53. The van der Waals surface area contributed by atoms with Crippen molar-refractivity contribution in [1.29, 1.82) is 0 Å². The Labute approximate surface area is 375 Å². The molecule has 5 atom stereocenters. The highest BCUT2D eigenvalue weighted by molar-refractivity contribution is 7.90. The molecule has 1 aliphatic rings. The van der Waals surface area contributed by atoms with E-state index in [9.17, 15) is 42.0 Å². The van der Waals surface area contributed by atoms with Crippen LogP contribution in [0.25, 0.3) is 10.8 Å². The number of amides is 5. The Kier molecular flexibility index (Phi) is 18.6. The molecule has 2 aromatic carbocycles. The maximum absolute atomic E-state index is 14.2. The van der Waals surface area contributed by atoms with Gasteiger partial charge in [0.1, 0.15) is 17.8 Å². The van der Waals surface area contributed by atoms with Gasteiger partial charge in [-0.25, -0.2) is 13.4 Å². The molecule has 0 bridgehead atoms. The van der Waals surface area contributed by atoms with E-state index in [0.717, 1.165) is 32.1 Å². The van der Waals surface area contributed by atoms with Crippen molar-refractivity contribution in [3.8, 4) is 0 Å². The van der Waals surface area contributed by atoms with Gasteiger partial charge in [-0.05, 0) is 49.1 Å². The molecular formula is C45H63N9O9S. The van der Waals surface area contributed by atoms with Gasteiger partial charge in [0.05, 0.1) is 29.7 Å². The largest absolute Gasteiger partial charge is 0.377 e. The van der Waals surface area contributed by atoms with Gasteiger partial charge in [0.2, 0.25) is 17.6 Å². The third-order valence-electron chi connectivity index (χ3n) is 11.6. The van der Waals surface area contributed by atoms with Crippen LogP contribution in [0.4, 0.5) is 5.69 Å². The van der Waals surface area contributed by atoms with Crippen LogP contribution in [-0.2, 0) is 38.8 Å². The van der Waals surface area contributed by atoms with Gasteiger partial charge in [-0.1, -0.05) is 90.5 Å². The second kappa shape index (κ2) is 23.3. The number of nitrogens with zero attached hydrogens (tertiary/aromatic N) is 4. The number of nitrogens with one attached hydrogen (secondary N) is 3. The van der Waals surface area contributed by atoms with Crippen molar-refractivity contribution in [1.82, 2.24) is 30.2 Å². The van der Waals surface area contributed by atoms with Gasteiger partial charge in [0.15, 0.2) is 5.78 Å². The molecule has 7 N–H and O–H groups in total. The summed E-state index contributed by atoms with van der Waals surface area (Å²) in [5.41, 5.74) is 12.4. The van der Waals surface area contributed by atoms with Crippen LogP contribution in [0.15, 0.2) is 59.9 Å². The first-order chi connectivity index (χ1) is 30.3. The van der Waals surface area contributed by atoms with E-state index in [1.165, 1.54) is 36.8 Å². The van der Waals surface area contributed by atoms with Gasteiger partial charge in [-0.15, -0.1) is 0 Å².